The minimum absolute atomic E-state index is 0.114. The number of nitrogens with zero attached hydrogens (tertiary/aromatic N) is 3. The average Bonchev–Trinajstić information content (AvgIpc) is 3.05. The van der Waals surface area contributed by atoms with E-state index in [2.05, 4.69) is 54.9 Å². The van der Waals surface area contributed by atoms with Crippen LogP contribution in [0.4, 0.5) is 0 Å². The molecule has 4 nitrogen and oxygen atoms in total. The van der Waals surface area contributed by atoms with Crippen LogP contribution < -0.4 is 5.32 Å². The van der Waals surface area contributed by atoms with Crippen molar-refractivity contribution in [2.45, 2.75) is 58.9 Å². The monoisotopic (exact) mass is 324 g/mol. The van der Waals surface area contributed by atoms with Crippen molar-refractivity contribution in [2.75, 3.05) is 6.54 Å². The highest BCUT2D eigenvalue weighted by molar-refractivity contribution is 7.09. The Kier molecular flexibility index (Phi) is 5.46. The minimum Gasteiger partial charge on any atom is -0.309 e. The highest BCUT2D eigenvalue weighted by atomic mass is 32.1. The van der Waals surface area contributed by atoms with Crippen LogP contribution in [-0.4, -0.2) is 21.1 Å². The highest BCUT2D eigenvalue weighted by Crippen LogP contribution is 2.28. The number of nitrogens with one attached hydrogen (secondary N) is 1. The predicted octanol–water partition coefficient (Wildman–Crippen LogP) is 3.75. The largest absolute Gasteiger partial charge is 0.309 e. The van der Waals surface area contributed by atoms with E-state index < -0.39 is 0 Å². The molecule has 0 amide bonds. The molecule has 0 fully saturated rings. The second-order valence-corrected chi connectivity index (χ2v) is 7.86. The number of hydrogen-bond donors (Lipinski definition) is 1. The SMILES string of the molecule is CCNC(Cc1nc(C(C)(C)C)cs1)c1snnc1CC. The molecule has 0 aromatic carbocycles. The van der Waals surface area contributed by atoms with Crippen LogP contribution in [-0.2, 0) is 18.3 Å². The van der Waals surface area contributed by atoms with Gasteiger partial charge in [-0.05, 0) is 24.5 Å². The van der Waals surface area contributed by atoms with Crippen LogP contribution in [0.2, 0.25) is 0 Å². The van der Waals surface area contributed by atoms with Gasteiger partial charge in [-0.2, -0.15) is 0 Å². The van der Waals surface area contributed by atoms with E-state index in [-0.39, 0.29) is 11.5 Å². The van der Waals surface area contributed by atoms with Gasteiger partial charge in [-0.15, -0.1) is 16.4 Å². The van der Waals surface area contributed by atoms with Crippen molar-refractivity contribution in [3.63, 3.8) is 0 Å². The van der Waals surface area contributed by atoms with Gasteiger partial charge in [-0.3, -0.25) is 0 Å². The van der Waals surface area contributed by atoms with Gasteiger partial charge < -0.3 is 5.32 Å². The molecule has 6 heteroatoms. The first-order valence-electron chi connectivity index (χ1n) is 7.45. The van der Waals surface area contributed by atoms with Gasteiger partial charge in [0.05, 0.1) is 27.3 Å². The van der Waals surface area contributed by atoms with Gasteiger partial charge in [0, 0.05) is 17.2 Å². The van der Waals surface area contributed by atoms with Gasteiger partial charge >= 0.3 is 0 Å². The molecule has 0 aliphatic rings. The molecule has 0 saturated heterocycles. The fourth-order valence-electron chi connectivity index (χ4n) is 2.15. The Morgan fingerprint density at radius 2 is 2.05 bits per heavy atom. The van der Waals surface area contributed by atoms with E-state index in [0.717, 1.165) is 25.1 Å². The van der Waals surface area contributed by atoms with Crippen molar-refractivity contribution < 1.29 is 0 Å². The van der Waals surface area contributed by atoms with Crippen molar-refractivity contribution in [2.24, 2.45) is 0 Å². The molecule has 0 aliphatic heterocycles. The second-order valence-electron chi connectivity index (χ2n) is 6.13. The number of rotatable bonds is 6. The summed E-state index contributed by atoms with van der Waals surface area (Å²) in [5.74, 6) is 0. The van der Waals surface area contributed by atoms with Crippen LogP contribution in [0.5, 0.6) is 0 Å². The molecule has 2 aromatic heterocycles. The Bertz CT molecular complexity index is 568. The molecule has 2 rings (SSSR count). The maximum absolute atomic E-state index is 4.81. The molecule has 2 aromatic rings. The molecule has 21 heavy (non-hydrogen) atoms. The van der Waals surface area contributed by atoms with Crippen LogP contribution in [0.1, 0.15) is 61.9 Å². The zero-order chi connectivity index (χ0) is 15.5. The lowest BCUT2D eigenvalue weighted by Gasteiger charge is -2.16. The van der Waals surface area contributed by atoms with Crippen LogP contribution >= 0.6 is 22.9 Å². The number of likely N-dealkylation sites (N-methyl/N-ethyl adjacent to an activating group) is 1. The lowest BCUT2D eigenvalue weighted by molar-refractivity contribution is 0.542. The summed E-state index contributed by atoms with van der Waals surface area (Å²) in [6.45, 7) is 11.8. The summed E-state index contributed by atoms with van der Waals surface area (Å²) in [5, 5.41) is 11.2. The van der Waals surface area contributed by atoms with Crippen LogP contribution in [0.3, 0.4) is 0 Å². The van der Waals surface area contributed by atoms with Crippen molar-refractivity contribution in [3.05, 3.63) is 26.7 Å². The third-order valence-corrected chi connectivity index (χ3v) is 5.14. The van der Waals surface area contributed by atoms with E-state index in [4.69, 9.17) is 4.98 Å². The topological polar surface area (TPSA) is 50.7 Å². The van der Waals surface area contributed by atoms with E-state index in [1.54, 1.807) is 11.3 Å². The zero-order valence-electron chi connectivity index (χ0n) is 13.4. The van der Waals surface area contributed by atoms with Gasteiger partial charge in [0.15, 0.2) is 0 Å². The van der Waals surface area contributed by atoms with Crippen molar-refractivity contribution >= 4 is 22.9 Å². The molecule has 116 valence electrons. The van der Waals surface area contributed by atoms with Gasteiger partial charge in [-0.1, -0.05) is 39.1 Å². The summed E-state index contributed by atoms with van der Waals surface area (Å²) in [5.41, 5.74) is 2.40. The third-order valence-electron chi connectivity index (χ3n) is 3.39. The van der Waals surface area contributed by atoms with E-state index >= 15 is 0 Å². The fraction of sp³-hybridized carbons (Fsp3) is 0.667. The predicted molar refractivity (Wildman–Crippen MR) is 90.2 cm³/mol. The summed E-state index contributed by atoms with van der Waals surface area (Å²) >= 11 is 3.26. The molecular weight excluding hydrogens is 300 g/mol. The van der Waals surface area contributed by atoms with Crippen LogP contribution in [0.15, 0.2) is 5.38 Å². The summed E-state index contributed by atoms with van der Waals surface area (Å²) in [7, 11) is 0. The van der Waals surface area contributed by atoms with Gasteiger partial charge in [0.1, 0.15) is 0 Å². The first kappa shape index (κ1) is 16.5. The number of aryl methyl sites for hydroxylation is 1. The number of thiazole rings is 1. The Hall–Kier alpha value is -0.850. The lowest BCUT2D eigenvalue weighted by atomic mass is 9.93. The molecule has 1 N–H and O–H groups in total. The van der Waals surface area contributed by atoms with Gasteiger partial charge in [0.25, 0.3) is 0 Å². The smallest absolute Gasteiger partial charge is 0.0947 e. The van der Waals surface area contributed by atoms with Crippen LogP contribution in [0, 0.1) is 0 Å². The zero-order valence-corrected chi connectivity index (χ0v) is 15.1. The fourth-order valence-corrected chi connectivity index (χ4v) is 4.03. The summed E-state index contributed by atoms with van der Waals surface area (Å²) in [6, 6.07) is 0.268. The van der Waals surface area contributed by atoms with E-state index in [1.165, 1.54) is 27.1 Å². The first-order chi connectivity index (χ1) is 9.95. The number of hydrogen-bond acceptors (Lipinski definition) is 6. The van der Waals surface area contributed by atoms with E-state index in [1.807, 2.05) is 0 Å². The summed E-state index contributed by atoms with van der Waals surface area (Å²) in [6.07, 6.45) is 1.84. The highest BCUT2D eigenvalue weighted by Gasteiger charge is 2.22. The van der Waals surface area contributed by atoms with Crippen molar-refractivity contribution in [3.8, 4) is 0 Å². The van der Waals surface area contributed by atoms with Gasteiger partial charge in [-0.25, -0.2) is 4.98 Å². The molecule has 0 saturated carbocycles. The second kappa shape index (κ2) is 6.94. The van der Waals surface area contributed by atoms with E-state index in [0.29, 0.717) is 0 Å². The van der Waals surface area contributed by atoms with Crippen molar-refractivity contribution in [1.82, 2.24) is 19.9 Å². The summed E-state index contributed by atoms with van der Waals surface area (Å²) in [4.78, 5) is 6.07. The molecule has 1 unspecified atom stereocenters. The standard InChI is InChI=1S/C15H24N4S2/c1-6-10-14(21-19-18-10)11(16-7-2)8-13-17-12(9-20-13)15(3,4)5/h9,11,16H,6-8H2,1-5H3. The average molecular weight is 325 g/mol. The number of aromatic nitrogens is 3. The lowest BCUT2D eigenvalue weighted by Crippen LogP contribution is -2.23. The Morgan fingerprint density at radius 1 is 1.29 bits per heavy atom. The third kappa shape index (κ3) is 4.08. The van der Waals surface area contributed by atoms with E-state index in [9.17, 15) is 0 Å². The molecular formula is C15H24N4S2. The molecule has 2 heterocycles. The minimum atomic E-state index is 0.114. The molecule has 0 bridgehead atoms. The van der Waals surface area contributed by atoms with Crippen molar-refractivity contribution in [1.29, 1.82) is 0 Å². The van der Waals surface area contributed by atoms with Gasteiger partial charge in [0.2, 0.25) is 0 Å². The maximum atomic E-state index is 4.81. The normalized spacial score (nSPS) is 13.6. The maximum Gasteiger partial charge on any atom is 0.0947 e. The quantitative estimate of drug-likeness (QED) is 0.879. The molecule has 0 radical (unpaired) electrons. The molecule has 0 spiro atoms. The Morgan fingerprint density at radius 3 is 2.62 bits per heavy atom. The molecule has 0 aliphatic carbocycles. The summed E-state index contributed by atoms with van der Waals surface area (Å²) < 4.78 is 4.12. The molecule has 1 atom stereocenters. The Labute approximate surface area is 135 Å². The van der Waals surface area contributed by atoms with Crippen LogP contribution in [0.25, 0.3) is 0 Å². The Balaban J connectivity index is 2.19. The first-order valence-corrected chi connectivity index (χ1v) is 9.10.